The summed E-state index contributed by atoms with van der Waals surface area (Å²) in [5.41, 5.74) is 3.00. The molecule has 1 saturated heterocycles. The fraction of sp³-hybridized carbons (Fsp3) is 0.484. The molecule has 1 aliphatic heterocycles. The fourth-order valence-electron chi connectivity index (χ4n) is 5.58. The number of methoxy groups -OCH3 is 1. The van der Waals surface area contributed by atoms with Crippen LogP contribution in [0.2, 0.25) is 0 Å². The van der Waals surface area contributed by atoms with Crippen molar-refractivity contribution in [1.29, 1.82) is 0 Å². The number of aromatic nitrogens is 1. The highest BCUT2D eigenvalue weighted by atomic mass is 32.2. The molecule has 7 heteroatoms. The molecule has 0 amide bonds. The van der Waals surface area contributed by atoms with E-state index in [0.29, 0.717) is 24.7 Å². The van der Waals surface area contributed by atoms with Crippen molar-refractivity contribution in [3.8, 4) is 5.75 Å². The third kappa shape index (κ3) is 7.95. The largest absolute Gasteiger partial charge is 0.497 e. The lowest BCUT2D eigenvalue weighted by molar-refractivity contribution is -0.137. The summed E-state index contributed by atoms with van der Waals surface area (Å²) in [5.74, 6) is 1.86. The Morgan fingerprint density at radius 3 is 2.74 bits per heavy atom. The Balaban J connectivity index is 1.31. The number of rotatable bonds is 13. The van der Waals surface area contributed by atoms with Crippen LogP contribution in [0, 0.1) is 18.8 Å². The lowest BCUT2D eigenvalue weighted by Gasteiger charge is -2.39. The molecule has 1 fully saturated rings. The SMILES string of the molecule is COc1ccc2nccc(C(O)CC[C@@H]3CCN(CCCSc4ccc(C)cc4)C[C@@H]3CCC(=O)O)c2c1. The van der Waals surface area contributed by atoms with Crippen molar-refractivity contribution in [2.24, 2.45) is 11.8 Å². The molecule has 0 spiro atoms. The molecular weight excluding hydrogens is 496 g/mol. The number of benzene rings is 2. The van der Waals surface area contributed by atoms with Crippen molar-refractivity contribution >= 4 is 28.6 Å². The second-order valence-electron chi connectivity index (χ2n) is 10.4. The molecular formula is C31H40N2O4S. The number of hydrogen-bond donors (Lipinski definition) is 2. The van der Waals surface area contributed by atoms with Crippen molar-refractivity contribution in [1.82, 2.24) is 9.88 Å². The number of carbonyl (C=O) groups is 1. The van der Waals surface area contributed by atoms with Gasteiger partial charge in [-0.25, -0.2) is 0 Å². The molecule has 1 aliphatic rings. The molecule has 0 radical (unpaired) electrons. The van der Waals surface area contributed by atoms with Gasteiger partial charge in [-0.3, -0.25) is 9.78 Å². The number of likely N-dealkylation sites (tertiary alicyclic amines) is 1. The molecule has 38 heavy (non-hydrogen) atoms. The van der Waals surface area contributed by atoms with E-state index in [1.165, 1.54) is 10.5 Å². The van der Waals surface area contributed by atoms with Crippen LogP contribution in [-0.2, 0) is 4.79 Å². The molecule has 2 heterocycles. The van der Waals surface area contributed by atoms with Gasteiger partial charge >= 0.3 is 5.97 Å². The van der Waals surface area contributed by atoms with Crippen molar-refractivity contribution in [2.45, 2.75) is 56.4 Å². The first kappa shape index (κ1) is 28.4. The molecule has 3 aromatic rings. The number of piperidine rings is 1. The highest BCUT2D eigenvalue weighted by Crippen LogP contribution is 2.35. The van der Waals surface area contributed by atoms with E-state index in [1.54, 1.807) is 13.3 Å². The molecule has 6 nitrogen and oxygen atoms in total. The first-order valence-electron chi connectivity index (χ1n) is 13.7. The Hall–Kier alpha value is -2.61. The predicted octanol–water partition coefficient (Wildman–Crippen LogP) is 6.35. The third-order valence-electron chi connectivity index (χ3n) is 7.77. The summed E-state index contributed by atoms with van der Waals surface area (Å²) < 4.78 is 5.38. The molecule has 2 N–H and O–H groups in total. The fourth-order valence-corrected chi connectivity index (χ4v) is 6.42. The maximum atomic E-state index is 11.4. The number of aliphatic hydroxyl groups is 1. The van der Waals surface area contributed by atoms with Crippen molar-refractivity contribution in [3.05, 3.63) is 65.9 Å². The van der Waals surface area contributed by atoms with Gasteiger partial charge in [0.1, 0.15) is 5.75 Å². The quantitative estimate of drug-likeness (QED) is 0.195. The smallest absolute Gasteiger partial charge is 0.303 e. The number of carboxylic acids is 1. The van der Waals surface area contributed by atoms with E-state index in [9.17, 15) is 15.0 Å². The van der Waals surface area contributed by atoms with Crippen LogP contribution in [0.3, 0.4) is 0 Å². The van der Waals surface area contributed by atoms with Crippen LogP contribution in [0.1, 0.15) is 55.8 Å². The molecule has 3 atom stereocenters. The monoisotopic (exact) mass is 536 g/mol. The van der Waals surface area contributed by atoms with E-state index < -0.39 is 12.1 Å². The van der Waals surface area contributed by atoms with Crippen molar-refractivity contribution < 1.29 is 19.7 Å². The number of aryl methyl sites for hydroxylation is 1. The molecule has 0 bridgehead atoms. The second-order valence-corrected chi connectivity index (χ2v) is 11.6. The van der Waals surface area contributed by atoms with Gasteiger partial charge in [0.2, 0.25) is 0 Å². The van der Waals surface area contributed by atoms with E-state index in [-0.39, 0.29) is 6.42 Å². The van der Waals surface area contributed by atoms with Gasteiger partial charge in [-0.2, -0.15) is 0 Å². The Morgan fingerprint density at radius 2 is 1.97 bits per heavy atom. The maximum absolute atomic E-state index is 11.4. The average molecular weight is 537 g/mol. The maximum Gasteiger partial charge on any atom is 0.303 e. The Bertz CT molecular complexity index is 1190. The molecule has 2 aromatic carbocycles. The number of thioether (sulfide) groups is 1. The highest BCUT2D eigenvalue weighted by Gasteiger charge is 2.30. The van der Waals surface area contributed by atoms with Crippen LogP contribution < -0.4 is 4.74 Å². The lowest BCUT2D eigenvalue weighted by Crippen LogP contribution is -2.41. The average Bonchev–Trinajstić information content (AvgIpc) is 2.93. The van der Waals surface area contributed by atoms with Gasteiger partial charge in [0.15, 0.2) is 0 Å². The normalized spacial score (nSPS) is 18.9. The summed E-state index contributed by atoms with van der Waals surface area (Å²) in [6.45, 7) is 5.13. The lowest BCUT2D eigenvalue weighted by atomic mass is 9.79. The molecule has 4 rings (SSSR count). The number of carboxylic acid groups (broad SMARTS) is 1. The minimum atomic E-state index is -0.729. The van der Waals surface area contributed by atoms with Gasteiger partial charge in [0.05, 0.1) is 18.7 Å². The molecule has 1 unspecified atom stereocenters. The number of nitrogens with zero attached hydrogens (tertiary/aromatic N) is 2. The predicted molar refractivity (Wildman–Crippen MR) is 154 cm³/mol. The number of fused-ring (bicyclic) bond motifs is 1. The topological polar surface area (TPSA) is 82.9 Å². The van der Waals surface area contributed by atoms with E-state index in [2.05, 4.69) is 41.1 Å². The summed E-state index contributed by atoms with van der Waals surface area (Å²) in [4.78, 5) is 19.6. The van der Waals surface area contributed by atoms with Crippen LogP contribution in [0.25, 0.3) is 10.9 Å². The van der Waals surface area contributed by atoms with E-state index >= 15 is 0 Å². The summed E-state index contributed by atoms with van der Waals surface area (Å²) in [6.07, 6.45) is 5.76. The van der Waals surface area contributed by atoms with Crippen LogP contribution in [0.15, 0.2) is 59.6 Å². The highest BCUT2D eigenvalue weighted by molar-refractivity contribution is 7.99. The molecule has 1 aromatic heterocycles. The molecule has 0 saturated carbocycles. The van der Waals surface area contributed by atoms with Gasteiger partial charge in [-0.15, -0.1) is 11.8 Å². The first-order valence-corrected chi connectivity index (χ1v) is 14.7. The van der Waals surface area contributed by atoms with E-state index in [4.69, 9.17) is 4.74 Å². The van der Waals surface area contributed by atoms with Crippen LogP contribution >= 0.6 is 11.8 Å². The summed E-state index contributed by atoms with van der Waals surface area (Å²) in [6, 6.07) is 16.3. The zero-order valence-corrected chi connectivity index (χ0v) is 23.3. The second kappa shape index (κ2) is 14.0. The standard InChI is InChI=1S/C31H40N2O4S/c1-22-4-9-26(10-5-22)38-19-3-17-33-18-15-23(24(21-33)7-13-31(35)36)6-12-30(34)27-14-16-32-29-11-8-25(37-2)20-28(27)29/h4-5,8-11,14,16,20,23-24,30,34H,3,6-7,12-13,15,17-19,21H2,1-2H3,(H,35,36)/t23-,24+,30?/m1/s1. The van der Waals surface area contributed by atoms with Crippen molar-refractivity contribution in [2.75, 3.05) is 32.5 Å². The van der Waals surface area contributed by atoms with Crippen LogP contribution in [0.5, 0.6) is 5.75 Å². The molecule has 0 aliphatic carbocycles. The minimum Gasteiger partial charge on any atom is -0.497 e. The minimum absolute atomic E-state index is 0.204. The zero-order valence-electron chi connectivity index (χ0n) is 22.5. The Labute approximate surface area is 230 Å². The summed E-state index contributed by atoms with van der Waals surface area (Å²) >= 11 is 1.90. The van der Waals surface area contributed by atoms with Crippen molar-refractivity contribution in [3.63, 3.8) is 0 Å². The van der Waals surface area contributed by atoms with E-state index in [0.717, 1.165) is 66.9 Å². The summed E-state index contributed by atoms with van der Waals surface area (Å²) in [5, 5.41) is 21.4. The number of aliphatic carboxylic acids is 1. The van der Waals surface area contributed by atoms with Gasteiger partial charge < -0.3 is 19.8 Å². The van der Waals surface area contributed by atoms with Gasteiger partial charge in [0.25, 0.3) is 0 Å². The molecule has 204 valence electrons. The van der Waals surface area contributed by atoms with Gasteiger partial charge in [0, 0.05) is 29.4 Å². The summed E-state index contributed by atoms with van der Waals surface area (Å²) in [7, 11) is 1.64. The Morgan fingerprint density at radius 1 is 1.16 bits per heavy atom. The third-order valence-corrected chi connectivity index (χ3v) is 8.86. The van der Waals surface area contributed by atoms with Crippen LogP contribution in [0.4, 0.5) is 0 Å². The number of aliphatic hydroxyl groups excluding tert-OH is 1. The van der Waals surface area contributed by atoms with Gasteiger partial charge in [-0.1, -0.05) is 17.7 Å². The zero-order chi connectivity index (χ0) is 26.9. The first-order chi connectivity index (χ1) is 18.4. The van der Waals surface area contributed by atoms with Gasteiger partial charge in [-0.05, 0) is 112 Å². The number of hydrogen-bond acceptors (Lipinski definition) is 6. The number of ether oxygens (including phenoxy) is 1. The van der Waals surface area contributed by atoms with Crippen LogP contribution in [-0.4, -0.2) is 58.6 Å². The Kier molecular flexibility index (Phi) is 10.4. The number of pyridine rings is 1. The van der Waals surface area contributed by atoms with E-state index in [1.807, 2.05) is 36.0 Å².